The van der Waals surface area contributed by atoms with Crippen LogP contribution in [0.2, 0.25) is 0 Å². The molecule has 0 spiro atoms. The predicted molar refractivity (Wildman–Crippen MR) is 101 cm³/mol. The number of aromatic nitrogens is 1. The summed E-state index contributed by atoms with van der Waals surface area (Å²) in [6.45, 7) is -0.565. The maximum absolute atomic E-state index is 12.5. The average molecular weight is 404 g/mol. The second kappa shape index (κ2) is 9.14. The number of rotatable bonds is 7. The maximum Gasteiger partial charge on any atom is 0.331 e. The Kier molecular flexibility index (Phi) is 6.38. The first-order valence-corrected chi connectivity index (χ1v) is 8.93. The number of halogens is 2. The summed E-state index contributed by atoms with van der Waals surface area (Å²) < 4.78 is 35.3. The van der Waals surface area contributed by atoms with Gasteiger partial charge in [0.2, 0.25) is 5.89 Å². The molecule has 0 saturated heterocycles. The number of thioether (sulfide) groups is 1. The third kappa shape index (κ3) is 5.40. The van der Waals surface area contributed by atoms with Crippen LogP contribution in [0.3, 0.4) is 0 Å². The number of ether oxygens (including phenoxy) is 1. The number of carbonyl (C=O) groups is 2. The lowest BCUT2D eigenvalue weighted by molar-refractivity contribution is -0.142. The van der Waals surface area contributed by atoms with Crippen molar-refractivity contribution in [2.24, 2.45) is 0 Å². The molecular weight excluding hydrogens is 390 g/mol. The van der Waals surface area contributed by atoms with Gasteiger partial charge in [-0.25, -0.2) is 9.78 Å². The first kappa shape index (κ1) is 19.6. The quantitative estimate of drug-likeness (QED) is 0.358. The van der Waals surface area contributed by atoms with E-state index in [4.69, 9.17) is 9.15 Å². The molecule has 0 aliphatic rings. The molecule has 0 aliphatic heterocycles. The van der Waals surface area contributed by atoms with E-state index in [0.29, 0.717) is 22.9 Å². The maximum atomic E-state index is 12.5. The van der Waals surface area contributed by atoms with E-state index in [1.54, 1.807) is 30.3 Å². The number of hydrogen-bond acceptors (Lipinski definition) is 6. The largest absolute Gasteiger partial charge is 0.452 e. The molecule has 1 aromatic heterocycles. The van der Waals surface area contributed by atoms with Crippen molar-refractivity contribution in [2.45, 2.75) is 10.7 Å². The third-order valence-electron chi connectivity index (χ3n) is 3.40. The number of para-hydroxylation sites is 3. The van der Waals surface area contributed by atoms with Crippen LogP contribution >= 0.6 is 11.8 Å². The molecule has 0 bridgehead atoms. The molecule has 1 amide bonds. The molecule has 3 rings (SSSR count). The van der Waals surface area contributed by atoms with Gasteiger partial charge in [-0.15, -0.1) is 0 Å². The third-order valence-corrected chi connectivity index (χ3v) is 4.18. The van der Waals surface area contributed by atoms with E-state index in [-0.39, 0.29) is 16.5 Å². The SMILES string of the molecule is O=C(COC(=O)/C=C/c1nc2ccccc2o1)Nc1ccccc1SC(F)F. The van der Waals surface area contributed by atoms with E-state index < -0.39 is 24.2 Å². The Hall–Kier alpha value is -3.20. The summed E-state index contributed by atoms with van der Waals surface area (Å²) in [5, 5.41) is 2.44. The molecule has 0 fully saturated rings. The van der Waals surface area contributed by atoms with Crippen molar-refractivity contribution in [1.29, 1.82) is 0 Å². The van der Waals surface area contributed by atoms with Gasteiger partial charge >= 0.3 is 5.97 Å². The molecule has 0 atom stereocenters. The first-order chi connectivity index (χ1) is 13.5. The number of benzene rings is 2. The summed E-state index contributed by atoms with van der Waals surface area (Å²) in [5.74, 6) is -3.81. The zero-order valence-electron chi connectivity index (χ0n) is 14.3. The zero-order valence-corrected chi connectivity index (χ0v) is 15.1. The van der Waals surface area contributed by atoms with E-state index in [1.807, 2.05) is 6.07 Å². The molecule has 9 heteroatoms. The second-order valence-electron chi connectivity index (χ2n) is 5.38. The number of esters is 1. The number of carbonyl (C=O) groups excluding carboxylic acids is 2. The topological polar surface area (TPSA) is 81.4 Å². The number of anilines is 1. The molecule has 0 saturated carbocycles. The fraction of sp³-hybridized carbons (Fsp3) is 0.105. The summed E-state index contributed by atoms with van der Waals surface area (Å²) in [7, 11) is 0. The number of amides is 1. The minimum absolute atomic E-state index is 0.216. The number of fused-ring (bicyclic) bond motifs is 1. The Morgan fingerprint density at radius 2 is 1.93 bits per heavy atom. The Balaban J connectivity index is 1.52. The van der Waals surface area contributed by atoms with Gasteiger partial charge in [0.25, 0.3) is 11.7 Å². The molecule has 0 radical (unpaired) electrons. The molecule has 3 aromatic rings. The van der Waals surface area contributed by atoms with Crippen molar-refractivity contribution in [3.8, 4) is 0 Å². The van der Waals surface area contributed by atoms with Crippen LogP contribution in [-0.2, 0) is 14.3 Å². The van der Waals surface area contributed by atoms with Gasteiger partial charge in [-0.2, -0.15) is 8.78 Å². The summed E-state index contributed by atoms with van der Waals surface area (Å²) in [6.07, 6.45) is 2.41. The highest BCUT2D eigenvalue weighted by Gasteiger charge is 2.12. The van der Waals surface area contributed by atoms with Gasteiger partial charge in [-0.1, -0.05) is 36.0 Å². The van der Waals surface area contributed by atoms with Gasteiger partial charge < -0.3 is 14.5 Å². The molecule has 2 aromatic carbocycles. The molecule has 28 heavy (non-hydrogen) atoms. The second-order valence-corrected chi connectivity index (χ2v) is 6.42. The van der Waals surface area contributed by atoms with Crippen molar-refractivity contribution in [3.05, 3.63) is 60.5 Å². The first-order valence-electron chi connectivity index (χ1n) is 8.05. The van der Waals surface area contributed by atoms with Gasteiger partial charge in [0, 0.05) is 17.0 Å². The van der Waals surface area contributed by atoms with Crippen LogP contribution in [0.25, 0.3) is 17.2 Å². The fourth-order valence-corrected chi connectivity index (χ4v) is 2.84. The molecule has 6 nitrogen and oxygen atoms in total. The fourth-order valence-electron chi connectivity index (χ4n) is 2.24. The van der Waals surface area contributed by atoms with Gasteiger partial charge in [-0.05, 0) is 24.3 Å². The number of alkyl halides is 2. The van der Waals surface area contributed by atoms with Gasteiger partial charge in [0.1, 0.15) is 5.52 Å². The standard InChI is InChI=1S/C19H14F2N2O4S/c20-19(21)28-15-8-4-2-6-13(15)22-16(24)11-26-18(25)10-9-17-23-12-5-1-3-7-14(12)27-17/h1-10,19H,11H2,(H,22,24)/b10-9+. The summed E-state index contributed by atoms with van der Waals surface area (Å²) in [5.41, 5.74) is 1.45. The Bertz CT molecular complexity index is 987. The van der Waals surface area contributed by atoms with Gasteiger partial charge in [0.05, 0.1) is 5.69 Å². The van der Waals surface area contributed by atoms with Gasteiger partial charge in [0.15, 0.2) is 12.2 Å². The smallest absolute Gasteiger partial charge is 0.331 e. The van der Waals surface area contributed by atoms with E-state index in [0.717, 1.165) is 6.08 Å². The molecule has 1 N–H and O–H groups in total. The monoisotopic (exact) mass is 404 g/mol. The van der Waals surface area contributed by atoms with Crippen molar-refractivity contribution in [1.82, 2.24) is 4.98 Å². The molecule has 0 unspecified atom stereocenters. The van der Waals surface area contributed by atoms with Crippen LogP contribution in [-0.4, -0.2) is 29.2 Å². The Morgan fingerprint density at radius 3 is 2.71 bits per heavy atom. The van der Waals surface area contributed by atoms with Crippen molar-refractivity contribution < 1.29 is 27.5 Å². The van der Waals surface area contributed by atoms with Crippen LogP contribution < -0.4 is 5.32 Å². The van der Waals surface area contributed by atoms with Crippen LogP contribution in [0, 0.1) is 0 Å². The lowest BCUT2D eigenvalue weighted by Gasteiger charge is -2.10. The van der Waals surface area contributed by atoms with Crippen LogP contribution in [0.15, 0.2) is 63.9 Å². The number of nitrogens with zero attached hydrogens (tertiary/aromatic N) is 1. The Morgan fingerprint density at radius 1 is 1.18 bits per heavy atom. The van der Waals surface area contributed by atoms with Crippen molar-refractivity contribution in [2.75, 3.05) is 11.9 Å². The molecule has 0 aliphatic carbocycles. The van der Waals surface area contributed by atoms with Gasteiger partial charge in [-0.3, -0.25) is 4.79 Å². The minimum Gasteiger partial charge on any atom is -0.452 e. The lowest BCUT2D eigenvalue weighted by atomic mass is 10.3. The molecule has 1 heterocycles. The van der Waals surface area contributed by atoms with E-state index >= 15 is 0 Å². The van der Waals surface area contributed by atoms with Crippen molar-refractivity contribution in [3.63, 3.8) is 0 Å². The number of hydrogen-bond donors (Lipinski definition) is 1. The predicted octanol–water partition coefficient (Wildman–Crippen LogP) is 4.34. The summed E-state index contributed by atoms with van der Waals surface area (Å²) in [6, 6.07) is 13.2. The van der Waals surface area contributed by atoms with Crippen LogP contribution in [0.5, 0.6) is 0 Å². The number of nitrogens with one attached hydrogen (secondary N) is 1. The normalized spacial score (nSPS) is 11.2. The van der Waals surface area contributed by atoms with Crippen LogP contribution in [0.1, 0.15) is 5.89 Å². The van der Waals surface area contributed by atoms with Crippen LogP contribution in [0.4, 0.5) is 14.5 Å². The minimum atomic E-state index is -2.62. The highest BCUT2D eigenvalue weighted by Crippen LogP contribution is 2.31. The van der Waals surface area contributed by atoms with Crippen molar-refractivity contribution >= 4 is 46.5 Å². The number of oxazole rings is 1. The zero-order chi connectivity index (χ0) is 19.9. The summed E-state index contributed by atoms with van der Waals surface area (Å²) >= 11 is 0.314. The molecule has 144 valence electrons. The average Bonchev–Trinajstić information content (AvgIpc) is 3.09. The van der Waals surface area contributed by atoms with E-state index in [2.05, 4.69) is 10.3 Å². The molecular formula is C19H14F2N2O4S. The Labute approximate surface area is 162 Å². The van der Waals surface area contributed by atoms with E-state index in [1.165, 1.54) is 18.2 Å². The highest BCUT2D eigenvalue weighted by atomic mass is 32.2. The summed E-state index contributed by atoms with van der Waals surface area (Å²) in [4.78, 5) is 28.0. The van der Waals surface area contributed by atoms with E-state index in [9.17, 15) is 18.4 Å². The lowest BCUT2D eigenvalue weighted by Crippen LogP contribution is -2.20. The highest BCUT2D eigenvalue weighted by molar-refractivity contribution is 7.99.